The van der Waals surface area contributed by atoms with Gasteiger partial charge in [-0.15, -0.1) is 0 Å². The average Bonchev–Trinajstić information content (AvgIpc) is 2.59. The van der Waals surface area contributed by atoms with Crippen molar-refractivity contribution in [3.63, 3.8) is 0 Å². The number of halogens is 2. The van der Waals surface area contributed by atoms with E-state index in [1.54, 1.807) is 17.7 Å². The SMILES string of the molecule is Cn1c(Cl)cnc1COc1cccnc1F. The van der Waals surface area contributed by atoms with Crippen molar-refractivity contribution in [1.29, 1.82) is 0 Å². The van der Waals surface area contributed by atoms with Gasteiger partial charge in [-0.25, -0.2) is 9.97 Å². The summed E-state index contributed by atoms with van der Waals surface area (Å²) in [5.74, 6) is 0.0812. The lowest BCUT2D eigenvalue weighted by molar-refractivity contribution is 0.273. The average molecular weight is 242 g/mol. The molecule has 0 unspecified atom stereocenters. The topological polar surface area (TPSA) is 39.9 Å². The summed E-state index contributed by atoms with van der Waals surface area (Å²) in [5, 5.41) is 0.505. The Morgan fingerprint density at radius 1 is 1.50 bits per heavy atom. The second-order valence-corrected chi connectivity index (χ2v) is 3.52. The van der Waals surface area contributed by atoms with E-state index in [2.05, 4.69) is 9.97 Å². The highest BCUT2D eigenvalue weighted by atomic mass is 35.5. The van der Waals surface area contributed by atoms with Crippen molar-refractivity contribution < 1.29 is 9.13 Å². The van der Waals surface area contributed by atoms with Crippen LogP contribution >= 0.6 is 11.6 Å². The maximum Gasteiger partial charge on any atom is 0.255 e. The fraction of sp³-hybridized carbons (Fsp3) is 0.200. The summed E-state index contributed by atoms with van der Waals surface area (Å²) in [7, 11) is 1.76. The second-order valence-electron chi connectivity index (χ2n) is 3.14. The number of rotatable bonds is 3. The maximum atomic E-state index is 13.1. The zero-order valence-electron chi connectivity index (χ0n) is 8.52. The summed E-state index contributed by atoms with van der Waals surface area (Å²) >= 11 is 5.80. The Kier molecular flexibility index (Phi) is 3.05. The molecular formula is C10H9ClFN3O. The molecule has 0 spiro atoms. The molecule has 0 saturated heterocycles. The van der Waals surface area contributed by atoms with Gasteiger partial charge in [0, 0.05) is 13.2 Å². The minimum atomic E-state index is -0.636. The van der Waals surface area contributed by atoms with E-state index in [4.69, 9.17) is 16.3 Å². The molecule has 2 heterocycles. The molecule has 2 aromatic rings. The summed E-state index contributed by atoms with van der Waals surface area (Å²) < 4.78 is 20.0. The van der Waals surface area contributed by atoms with Gasteiger partial charge < -0.3 is 9.30 Å². The quantitative estimate of drug-likeness (QED) is 0.774. The standard InChI is InChI=1S/C10H9ClFN3O/c1-15-8(11)5-14-9(15)6-16-7-3-2-4-13-10(7)12/h2-5H,6H2,1H3. The lowest BCUT2D eigenvalue weighted by Crippen LogP contribution is -2.04. The number of nitrogens with zero attached hydrogens (tertiary/aromatic N) is 3. The fourth-order valence-corrected chi connectivity index (χ4v) is 1.33. The molecule has 0 fully saturated rings. The highest BCUT2D eigenvalue weighted by molar-refractivity contribution is 6.29. The lowest BCUT2D eigenvalue weighted by atomic mass is 10.4. The van der Waals surface area contributed by atoms with Crippen molar-refractivity contribution in [3.05, 3.63) is 41.5 Å². The van der Waals surface area contributed by atoms with Crippen LogP contribution in [0.4, 0.5) is 4.39 Å². The Bertz CT molecular complexity index is 501. The monoisotopic (exact) mass is 241 g/mol. The molecule has 0 aromatic carbocycles. The number of ether oxygens (including phenoxy) is 1. The Morgan fingerprint density at radius 3 is 2.94 bits per heavy atom. The van der Waals surface area contributed by atoms with Crippen LogP contribution in [0.1, 0.15) is 5.82 Å². The Labute approximate surface area is 96.7 Å². The van der Waals surface area contributed by atoms with E-state index in [0.717, 1.165) is 0 Å². The van der Waals surface area contributed by atoms with Crippen LogP contribution in [0.25, 0.3) is 0 Å². The Balaban J connectivity index is 2.08. The molecule has 0 N–H and O–H groups in total. The Morgan fingerprint density at radius 2 is 2.31 bits per heavy atom. The van der Waals surface area contributed by atoms with Crippen LogP contribution in [-0.2, 0) is 13.7 Å². The second kappa shape index (κ2) is 4.49. The molecule has 0 aliphatic heterocycles. The number of hydrogen-bond acceptors (Lipinski definition) is 3. The van der Waals surface area contributed by atoms with Gasteiger partial charge in [-0.2, -0.15) is 4.39 Å². The molecule has 4 nitrogen and oxygen atoms in total. The van der Waals surface area contributed by atoms with Crippen LogP contribution in [0, 0.1) is 5.95 Å². The molecule has 0 radical (unpaired) electrons. The van der Waals surface area contributed by atoms with E-state index >= 15 is 0 Å². The molecule has 0 aliphatic rings. The molecule has 16 heavy (non-hydrogen) atoms. The molecule has 0 atom stereocenters. The minimum Gasteiger partial charge on any atom is -0.481 e. The third-order valence-electron chi connectivity index (χ3n) is 2.11. The van der Waals surface area contributed by atoms with Crippen LogP contribution < -0.4 is 4.74 Å². The number of aromatic nitrogens is 3. The van der Waals surface area contributed by atoms with E-state index in [1.807, 2.05) is 0 Å². The maximum absolute atomic E-state index is 13.1. The largest absolute Gasteiger partial charge is 0.481 e. The van der Waals surface area contributed by atoms with Crippen molar-refractivity contribution in [1.82, 2.24) is 14.5 Å². The zero-order chi connectivity index (χ0) is 11.5. The minimum absolute atomic E-state index is 0.0987. The van der Waals surface area contributed by atoms with Gasteiger partial charge in [-0.05, 0) is 12.1 Å². The molecule has 2 rings (SSSR count). The van der Waals surface area contributed by atoms with Gasteiger partial charge in [-0.3, -0.25) is 0 Å². The normalized spacial score (nSPS) is 10.4. The van der Waals surface area contributed by atoms with Crippen molar-refractivity contribution in [2.24, 2.45) is 7.05 Å². The number of imidazole rings is 1. The van der Waals surface area contributed by atoms with Gasteiger partial charge in [0.1, 0.15) is 17.6 Å². The first-order valence-corrected chi connectivity index (χ1v) is 4.95. The van der Waals surface area contributed by atoms with Crippen molar-refractivity contribution in [3.8, 4) is 5.75 Å². The summed E-state index contributed by atoms with van der Waals surface area (Å²) in [6, 6.07) is 3.11. The Hall–Kier alpha value is -1.62. The molecule has 0 amide bonds. The molecule has 0 aliphatic carbocycles. The smallest absolute Gasteiger partial charge is 0.255 e. The predicted octanol–water partition coefficient (Wildman–Crippen LogP) is 2.19. The van der Waals surface area contributed by atoms with Gasteiger partial charge >= 0.3 is 0 Å². The number of pyridine rings is 1. The fourth-order valence-electron chi connectivity index (χ4n) is 1.18. The summed E-state index contributed by atoms with van der Waals surface area (Å²) in [4.78, 5) is 7.50. The van der Waals surface area contributed by atoms with E-state index in [9.17, 15) is 4.39 Å². The van der Waals surface area contributed by atoms with Gasteiger partial charge in [0.15, 0.2) is 5.75 Å². The van der Waals surface area contributed by atoms with E-state index < -0.39 is 5.95 Å². The van der Waals surface area contributed by atoms with E-state index in [1.165, 1.54) is 18.5 Å². The molecular weight excluding hydrogens is 233 g/mol. The molecule has 0 bridgehead atoms. The number of hydrogen-bond donors (Lipinski definition) is 0. The predicted molar refractivity (Wildman–Crippen MR) is 56.7 cm³/mol. The zero-order valence-corrected chi connectivity index (χ0v) is 9.28. The van der Waals surface area contributed by atoms with Gasteiger partial charge in [0.25, 0.3) is 5.95 Å². The van der Waals surface area contributed by atoms with Crippen molar-refractivity contribution in [2.45, 2.75) is 6.61 Å². The molecule has 0 saturated carbocycles. The molecule has 6 heteroatoms. The highest BCUT2D eigenvalue weighted by Crippen LogP contribution is 2.16. The van der Waals surface area contributed by atoms with E-state index in [0.29, 0.717) is 11.0 Å². The summed E-state index contributed by atoms with van der Waals surface area (Å²) in [6.07, 6.45) is 2.87. The molecule has 84 valence electrons. The summed E-state index contributed by atoms with van der Waals surface area (Å²) in [6.45, 7) is 0.145. The van der Waals surface area contributed by atoms with Crippen LogP contribution in [-0.4, -0.2) is 14.5 Å². The first-order valence-electron chi connectivity index (χ1n) is 4.58. The van der Waals surface area contributed by atoms with Crippen LogP contribution in [0.2, 0.25) is 5.15 Å². The van der Waals surface area contributed by atoms with Crippen molar-refractivity contribution >= 4 is 11.6 Å². The first-order chi connectivity index (χ1) is 7.68. The van der Waals surface area contributed by atoms with Gasteiger partial charge in [-0.1, -0.05) is 11.6 Å². The lowest BCUT2D eigenvalue weighted by Gasteiger charge is -2.06. The first kappa shape index (κ1) is 10.9. The third-order valence-corrected chi connectivity index (χ3v) is 2.46. The van der Waals surface area contributed by atoms with Gasteiger partial charge in [0.2, 0.25) is 0 Å². The summed E-state index contributed by atoms with van der Waals surface area (Å²) in [5.41, 5.74) is 0. The molecule has 2 aromatic heterocycles. The van der Waals surface area contributed by atoms with Crippen LogP contribution in [0.15, 0.2) is 24.5 Å². The third kappa shape index (κ3) is 2.14. The van der Waals surface area contributed by atoms with E-state index in [-0.39, 0.29) is 12.4 Å². The van der Waals surface area contributed by atoms with Crippen LogP contribution in [0.3, 0.4) is 0 Å². The van der Waals surface area contributed by atoms with Gasteiger partial charge in [0.05, 0.1) is 6.20 Å². The van der Waals surface area contributed by atoms with Crippen molar-refractivity contribution in [2.75, 3.05) is 0 Å². The van der Waals surface area contributed by atoms with Crippen LogP contribution in [0.5, 0.6) is 5.75 Å². The highest BCUT2D eigenvalue weighted by Gasteiger charge is 2.07.